The lowest BCUT2D eigenvalue weighted by molar-refractivity contribution is -0.138. The highest BCUT2D eigenvalue weighted by atomic mass is 32.2. The third-order valence-corrected chi connectivity index (χ3v) is 3.73. The van der Waals surface area contributed by atoms with Crippen LogP contribution in [0.2, 0.25) is 0 Å². The fraction of sp³-hybridized carbons (Fsp3) is 0.500. The van der Waals surface area contributed by atoms with Gasteiger partial charge in [0, 0.05) is 12.5 Å². The Hall–Kier alpha value is -1.63. The summed E-state index contributed by atoms with van der Waals surface area (Å²) in [5, 5.41) is 11.8. The molecule has 0 radical (unpaired) electrons. The summed E-state index contributed by atoms with van der Waals surface area (Å²) in [6, 6.07) is 2.17. The molecule has 0 fully saturated rings. The van der Waals surface area contributed by atoms with Gasteiger partial charge in [-0.3, -0.25) is 0 Å². The summed E-state index contributed by atoms with van der Waals surface area (Å²) in [7, 11) is -3.29. The van der Waals surface area contributed by atoms with Crippen molar-refractivity contribution in [1.29, 1.82) is 0 Å². The number of nitrogens with zero attached hydrogens (tertiary/aromatic N) is 1. The predicted molar refractivity (Wildman–Crippen MR) is 71.9 cm³/mol. The molecule has 0 aliphatic carbocycles. The molecule has 0 amide bonds. The SMILES string of the molecule is CCCC[C@H](Nc1ccc(S(C)(=O)=O)cn1)C(=O)O. The zero-order valence-corrected chi connectivity index (χ0v) is 11.8. The normalized spacial score (nSPS) is 12.9. The number of aliphatic carboxylic acids is 1. The maximum Gasteiger partial charge on any atom is 0.326 e. The second-order valence-corrected chi connectivity index (χ2v) is 6.34. The number of aromatic nitrogens is 1. The minimum atomic E-state index is -3.29. The number of rotatable bonds is 7. The van der Waals surface area contributed by atoms with E-state index in [2.05, 4.69) is 10.3 Å². The minimum absolute atomic E-state index is 0.110. The van der Waals surface area contributed by atoms with Crippen LogP contribution in [0.1, 0.15) is 26.2 Å². The molecule has 6 nitrogen and oxygen atoms in total. The quantitative estimate of drug-likeness (QED) is 0.789. The Labute approximate surface area is 112 Å². The summed E-state index contributed by atoms with van der Waals surface area (Å²) in [5.41, 5.74) is 0. The van der Waals surface area contributed by atoms with Gasteiger partial charge in [0.2, 0.25) is 0 Å². The zero-order valence-electron chi connectivity index (χ0n) is 11.0. The molecule has 19 heavy (non-hydrogen) atoms. The average Bonchev–Trinajstić information content (AvgIpc) is 2.33. The van der Waals surface area contributed by atoms with Gasteiger partial charge in [0.05, 0.1) is 4.90 Å². The van der Waals surface area contributed by atoms with Crippen molar-refractivity contribution in [1.82, 2.24) is 4.98 Å². The van der Waals surface area contributed by atoms with Crippen LogP contribution in [0.4, 0.5) is 5.82 Å². The molecular formula is C12H18N2O4S. The summed E-state index contributed by atoms with van der Waals surface area (Å²) in [6.45, 7) is 1.98. The smallest absolute Gasteiger partial charge is 0.326 e. The molecule has 1 aromatic rings. The van der Waals surface area contributed by atoms with E-state index in [9.17, 15) is 13.2 Å². The molecule has 1 atom stereocenters. The van der Waals surface area contributed by atoms with Crippen molar-refractivity contribution in [3.05, 3.63) is 18.3 Å². The summed E-state index contributed by atoms with van der Waals surface area (Å²) >= 11 is 0. The van der Waals surface area contributed by atoms with Gasteiger partial charge in [-0.1, -0.05) is 19.8 Å². The van der Waals surface area contributed by atoms with Crippen LogP contribution in [-0.2, 0) is 14.6 Å². The van der Waals surface area contributed by atoms with Gasteiger partial charge >= 0.3 is 5.97 Å². The molecule has 106 valence electrons. The summed E-state index contributed by atoms with van der Waals surface area (Å²) in [6.07, 6.45) is 4.52. The number of sulfone groups is 1. The lowest BCUT2D eigenvalue weighted by Gasteiger charge is -2.14. The number of nitrogens with one attached hydrogen (secondary N) is 1. The van der Waals surface area contributed by atoms with Crippen LogP contribution < -0.4 is 5.32 Å². The van der Waals surface area contributed by atoms with Crippen LogP contribution in [0.3, 0.4) is 0 Å². The minimum Gasteiger partial charge on any atom is -0.480 e. The molecule has 0 spiro atoms. The van der Waals surface area contributed by atoms with E-state index in [1.165, 1.54) is 18.3 Å². The molecule has 0 unspecified atom stereocenters. The molecule has 0 aliphatic rings. The number of carboxylic acid groups (broad SMARTS) is 1. The second kappa shape index (κ2) is 6.51. The molecule has 1 heterocycles. The van der Waals surface area contributed by atoms with E-state index in [1.54, 1.807) is 0 Å². The molecular weight excluding hydrogens is 268 g/mol. The first-order valence-electron chi connectivity index (χ1n) is 6.00. The molecule has 0 saturated heterocycles. The van der Waals surface area contributed by atoms with E-state index in [-0.39, 0.29) is 4.90 Å². The van der Waals surface area contributed by atoms with E-state index in [1.807, 2.05) is 6.92 Å². The third-order valence-electron chi connectivity index (χ3n) is 2.63. The monoisotopic (exact) mass is 286 g/mol. The summed E-state index contributed by atoms with van der Waals surface area (Å²) in [5.74, 6) is -0.585. The Morgan fingerprint density at radius 2 is 2.16 bits per heavy atom. The van der Waals surface area contributed by atoms with E-state index < -0.39 is 21.8 Å². The van der Waals surface area contributed by atoms with Crippen LogP contribution in [0, 0.1) is 0 Å². The van der Waals surface area contributed by atoms with Gasteiger partial charge in [0.1, 0.15) is 11.9 Å². The fourth-order valence-corrected chi connectivity index (χ4v) is 2.09. The fourth-order valence-electron chi connectivity index (χ4n) is 1.53. The zero-order chi connectivity index (χ0) is 14.5. The van der Waals surface area contributed by atoms with Crippen molar-refractivity contribution in [2.45, 2.75) is 37.1 Å². The number of pyridine rings is 1. The average molecular weight is 286 g/mol. The Bertz CT molecular complexity index is 525. The van der Waals surface area contributed by atoms with Crippen molar-refractivity contribution in [3.63, 3.8) is 0 Å². The van der Waals surface area contributed by atoms with Crippen molar-refractivity contribution < 1.29 is 18.3 Å². The first-order valence-corrected chi connectivity index (χ1v) is 7.89. The predicted octanol–water partition coefficient (Wildman–Crippen LogP) is 1.54. The number of anilines is 1. The Morgan fingerprint density at radius 3 is 2.58 bits per heavy atom. The highest BCUT2D eigenvalue weighted by Gasteiger charge is 2.17. The first kappa shape index (κ1) is 15.4. The number of hydrogen-bond acceptors (Lipinski definition) is 5. The Morgan fingerprint density at radius 1 is 1.47 bits per heavy atom. The molecule has 7 heteroatoms. The van der Waals surface area contributed by atoms with Gasteiger partial charge < -0.3 is 10.4 Å². The van der Waals surface area contributed by atoms with E-state index in [0.717, 1.165) is 19.1 Å². The van der Waals surface area contributed by atoms with Crippen molar-refractivity contribution in [2.24, 2.45) is 0 Å². The maximum absolute atomic E-state index is 11.3. The number of carboxylic acids is 1. The van der Waals surface area contributed by atoms with Crippen molar-refractivity contribution >= 4 is 21.6 Å². The van der Waals surface area contributed by atoms with Crippen LogP contribution >= 0.6 is 0 Å². The lowest BCUT2D eigenvalue weighted by Crippen LogP contribution is -2.29. The topological polar surface area (TPSA) is 96.4 Å². The molecule has 2 N–H and O–H groups in total. The van der Waals surface area contributed by atoms with Gasteiger partial charge in [0.25, 0.3) is 0 Å². The highest BCUT2D eigenvalue weighted by molar-refractivity contribution is 7.90. The molecule has 0 aromatic carbocycles. The highest BCUT2D eigenvalue weighted by Crippen LogP contribution is 2.13. The molecule has 1 aromatic heterocycles. The number of unbranched alkanes of at least 4 members (excludes halogenated alkanes) is 1. The Kier molecular flexibility index (Phi) is 5.29. The van der Waals surface area contributed by atoms with Gasteiger partial charge in [-0.2, -0.15) is 0 Å². The maximum atomic E-state index is 11.3. The lowest BCUT2D eigenvalue weighted by atomic mass is 10.1. The van der Waals surface area contributed by atoms with E-state index in [4.69, 9.17) is 5.11 Å². The van der Waals surface area contributed by atoms with Gasteiger partial charge in [0.15, 0.2) is 9.84 Å². The molecule has 0 saturated carbocycles. The Balaban J connectivity index is 2.78. The molecule has 1 rings (SSSR count). The van der Waals surface area contributed by atoms with Crippen LogP contribution in [0.25, 0.3) is 0 Å². The molecule has 0 aliphatic heterocycles. The van der Waals surface area contributed by atoms with Crippen molar-refractivity contribution in [3.8, 4) is 0 Å². The standard InChI is InChI=1S/C12H18N2O4S/c1-3-4-5-10(12(15)16)14-11-7-6-9(8-13-11)19(2,17)18/h6-8,10H,3-5H2,1-2H3,(H,13,14)(H,15,16)/t10-/m0/s1. The van der Waals surface area contributed by atoms with E-state index >= 15 is 0 Å². The second-order valence-electron chi connectivity index (χ2n) is 4.33. The number of carbonyl (C=O) groups is 1. The van der Waals surface area contributed by atoms with Crippen molar-refractivity contribution in [2.75, 3.05) is 11.6 Å². The van der Waals surface area contributed by atoms with Gasteiger partial charge in [-0.15, -0.1) is 0 Å². The van der Waals surface area contributed by atoms with Gasteiger partial charge in [-0.25, -0.2) is 18.2 Å². The summed E-state index contributed by atoms with van der Waals surface area (Å²) < 4.78 is 22.5. The third kappa shape index (κ3) is 4.86. The summed E-state index contributed by atoms with van der Waals surface area (Å²) in [4.78, 5) is 15.1. The van der Waals surface area contributed by atoms with Gasteiger partial charge in [-0.05, 0) is 18.6 Å². The van der Waals surface area contributed by atoms with Crippen LogP contribution in [0.15, 0.2) is 23.2 Å². The van der Waals surface area contributed by atoms with E-state index in [0.29, 0.717) is 12.2 Å². The van der Waals surface area contributed by atoms with Crippen LogP contribution in [-0.4, -0.2) is 36.8 Å². The largest absolute Gasteiger partial charge is 0.480 e. The number of hydrogen-bond donors (Lipinski definition) is 2. The first-order chi connectivity index (χ1) is 8.84. The molecule has 0 bridgehead atoms. The van der Waals surface area contributed by atoms with Crippen LogP contribution in [0.5, 0.6) is 0 Å².